The van der Waals surface area contributed by atoms with Crippen LogP contribution in [0.25, 0.3) is 0 Å². The summed E-state index contributed by atoms with van der Waals surface area (Å²) in [7, 11) is -4.35. The fourth-order valence-corrected chi connectivity index (χ4v) is 6.69. The van der Waals surface area contributed by atoms with Crippen LogP contribution in [0.2, 0.25) is 10.0 Å². The van der Waals surface area contributed by atoms with E-state index in [0.717, 1.165) is 15.4 Å². The van der Waals surface area contributed by atoms with Crippen LogP contribution in [-0.2, 0) is 32.6 Å². The topological polar surface area (TPSA) is 86.8 Å². The van der Waals surface area contributed by atoms with E-state index in [4.69, 9.17) is 23.2 Å². The first kappa shape index (κ1) is 34.9. The molecule has 0 aromatic heterocycles. The van der Waals surface area contributed by atoms with Crippen LogP contribution in [0, 0.1) is 12.7 Å². The van der Waals surface area contributed by atoms with E-state index in [-0.39, 0.29) is 39.6 Å². The molecule has 0 aliphatic heterocycles. The summed E-state index contributed by atoms with van der Waals surface area (Å²) in [6.45, 7) is 4.84. The summed E-state index contributed by atoms with van der Waals surface area (Å²) in [6, 6.07) is 24.3. The van der Waals surface area contributed by atoms with E-state index in [1.54, 1.807) is 18.2 Å². The van der Waals surface area contributed by atoms with E-state index in [1.807, 2.05) is 51.1 Å². The number of aryl methyl sites for hydroxylation is 1. The van der Waals surface area contributed by atoms with E-state index in [1.165, 1.54) is 53.4 Å². The van der Waals surface area contributed by atoms with Gasteiger partial charge in [0.1, 0.15) is 18.4 Å². The number of sulfonamides is 1. The maximum absolute atomic E-state index is 14.5. The van der Waals surface area contributed by atoms with Crippen molar-refractivity contribution >= 4 is 50.7 Å². The molecule has 2 amide bonds. The Bertz CT molecular complexity index is 1760. The molecular weight excluding hydrogens is 648 g/mol. The average molecular weight is 685 g/mol. The van der Waals surface area contributed by atoms with Crippen LogP contribution in [0.15, 0.2) is 102 Å². The van der Waals surface area contributed by atoms with Crippen molar-refractivity contribution in [1.82, 2.24) is 10.2 Å². The molecule has 0 bridgehead atoms. The Balaban J connectivity index is 1.83. The normalized spacial score (nSPS) is 12.7. The Labute approximate surface area is 280 Å². The Morgan fingerprint density at radius 2 is 1.52 bits per heavy atom. The Morgan fingerprint density at radius 3 is 2.15 bits per heavy atom. The Kier molecular flexibility index (Phi) is 11.8. The van der Waals surface area contributed by atoms with Crippen molar-refractivity contribution in [3.8, 4) is 0 Å². The first-order valence-corrected chi connectivity index (χ1v) is 17.0. The quantitative estimate of drug-likeness (QED) is 0.162. The largest absolute Gasteiger partial charge is 0.352 e. The van der Waals surface area contributed by atoms with E-state index in [2.05, 4.69) is 5.32 Å². The number of carbonyl (C=O) groups excluding carboxylic acids is 2. The molecule has 0 heterocycles. The lowest BCUT2D eigenvalue weighted by atomic mass is 10.0. The van der Waals surface area contributed by atoms with Crippen LogP contribution < -0.4 is 9.62 Å². The molecule has 1 N–H and O–H groups in total. The van der Waals surface area contributed by atoms with Gasteiger partial charge in [0, 0.05) is 19.0 Å². The zero-order valence-electron chi connectivity index (χ0n) is 25.8. The van der Waals surface area contributed by atoms with Crippen molar-refractivity contribution < 1.29 is 22.4 Å². The standard InChI is InChI=1S/C35H36Cl2FN3O4S/c1-4-25(3)39-35(43)32(21-26-9-6-5-7-10-26)40(22-27-15-17-28(38)18-16-27)33(42)23-41(31-12-8-11-30(36)34(31)37)46(44,45)29-19-13-24(2)14-20-29/h5-20,25,32H,4,21-23H2,1-3H3,(H,39,43)/t25-,32-/m1/s1. The third-order valence-electron chi connectivity index (χ3n) is 7.63. The number of benzene rings is 4. The van der Waals surface area contributed by atoms with E-state index in [9.17, 15) is 22.4 Å². The molecule has 4 aromatic rings. The second-order valence-corrected chi connectivity index (χ2v) is 13.7. The summed E-state index contributed by atoms with van der Waals surface area (Å²) in [5, 5.41) is 3.04. The highest BCUT2D eigenvalue weighted by atomic mass is 35.5. The maximum Gasteiger partial charge on any atom is 0.264 e. The minimum atomic E-state index is -4.35. The molecule has 0 spiro atoms. The summed E-state index contributed by atoms with van der Waals surface area (Å²) in [6.07, 6.45) is 0.810. The molecule has 0 unspecified atom stereocenters. The molecular formula is C35H36Cl2FN3O4S. The van der Waals surface area contributed by atoms with E-state index in [0.29, 0.717) is 12.0 Å². The summed E-state index contributed by atoms with van der Waals surface area (Å²) >= 11 is 12.9. The minimum absolute atomic E-state index is 0.00786. The second-order valence-electron chi connectivity index (χ2n) is 11.1. The number of rotatable bonds is 13. The highest BCUT2D eigenvalue weighted by molar-refractivity contribution is 7.92. The van der Waals surface area contributed by atoms with Crippen molar-refractivity contribution in [2.24, 2.45) is 0 Å². The lowest BCUT2D eigenvalue weighted by Gasteiger charge is -2.34. The van der Waals surface area contributed by atoms with Crippen LogP contribution in [0.3, 0.4) is 0 Å². The molecule has 7 nitrogen and oxygen atoms in total. The van der Waals surface area contributed by atoms with Crippen LogP contribution in [0.5, 0.6) is 0 Å². The van der Waals surface area contributed by atoms with Crippen LogP contribution in [-0.4, -0.2) is 43.8 Å². The zero-order chi connectivity index (χ0) is 33.4. The highest BCUT2D eigenvalue weighted by Gasteiger charge is 2.35. The van der Waals surface area contributed by atoms with Gasteiger partial charge in [-0.2, -0.15) is 0 Å². The Morgan fingerprint density at radius 1 is 0.870 bits per heavy atom. The van der Waals surface area contributed by atoms with Gasteiger partial charge in [0.15, 0.2) is 0 Å². The molecule has 0 aliphatic carbocycles. The van der Waals surface area contributed by atoms with Gasteiger partial charge in [0.25, 0.3) is 10.0 Å². The molecule has 242 valence electrons. The van der Waals surface area contributed by atoms with Gasteiger partial charge in [-0.1, -0.05) is 96.4 Å². The predicted octanol–water partition coefficient (Wildman–Crippen LogP) is 7.19. The van der Waals surface area contributed by atoms with Crippen molar-refractivity contribution in [1.29, 1.82) is 0 Å². The van der Waals surface area contributed by atoms with Crippen molar-refractivity contribution in [2.45, 2.75) is 57.1 Å². The Hall–Kier alpha value is -3.92. The number of carbonyl (C=O) groups is 2. The van der Waals surface area contributed by atoms with Gasteiger partial charge >= 0.3 is 0 Å². The molecule has 0 fully saturated rings. The van der Waals surface area contributed by atoms with Gasteiger partial charge in [-0.3, -0.25) is 13.9 Å². The highest BCUT2D eigenvalue weighted by Crippen LogP contribution is 2.35. The van der Waals surface area contributed by atoms with Gasteiger partial charge in [0.05, 0.1) is 20.6 Å². The van der Waals surface area contributed by atoms with Crippen molar-refractivity contribution in [2.75, 3.05) is 10.8 Å². The summed E-state index contributed by atoms with van der Waals surface area (Å²) in [4.78, 5) is 29.7. The first-order valence-electron chi connectivity index (χ1n) is 14.8. The molecule has 4 aromatic carbocycles. The lowest BCUT2D eigenvalue weighted by molar-refractivity contribution is -0.140. The van der Waals surface area contributed by atoms with Crippen molar-refractivity contribution in [3.63, 3.8) is 0 Å². The van der Waals surface area contributed by atoms with Gasteiger partial charge in [-0.15, -0.1) is 0 Å². The summed E-state index contributed by atoms with van der Waals surface area (Å²) in [5.41, 5.74) is 2.21. The number of nitrogens with zero attached hydrogens (tertiary/aromatic N) is 2. The fraction of sp³-hybridized carbons (Fsp3) is 0.257. The fourth-order valence-electron chi connectivity index (χ4n) is 4.82. The molecule has 2 atom stereocenters. The summed E-state index contributed by atoms with van der Waals surface area (Å²) in [5.74, 6) is -1.53. The predicted molar refractivity (Wildman–Crippen MR) is 181 cm³/mol. The zero-order valence-corrected chi connectivity index (χ0v) is 28.1. The van der Waals surface area contributed by atoms with Gasteiger partial charge < -0.3 is 10.2 Å². The number of hydrogen-bond acceptors (Lipinski definition) is 4. The third-order valence-corrected chi connectivity index (χ3v) is 10.2. The number of anilines is 1. The first-order chi connectivity index (χ1) is 21.9. The third kappa shape index (κ3) is 8.66. The van der Waals surface area contributed by atoms with E-state index >= 15 is 0 Å². The van der Waals surface area contributed by atoms with Crippen LogP contribution in [0.4, 0.5) is 10.1 Å². The number of nitrogens with one attached hydrogen (secondary N) is 1. The molecule has 46 heavy (non-hydrogen) atoms. The van der Waals surface area contributed by atoms with E-state index < -0.39 is 40.2 Å². The van der Waals surface area contributed by atoms with Gasteiger partial charge in [-0.25, -0.2) is 12.8 Å². The number of halogens is 3. The molecule has 0 aliphatic rings. The molecule has 4 rings (SSSR count). The van der Waals surface area contributed by atoms with Crippen molar-refractivity contribution in [3.05, 3.63) is 130 Å². The van der Waals surface area contributed by atoms with Gasteiger partial charge in [-0.05, 0) is 67.8 Å². The molecule has 0 radical (unpaired) electrons. The lowest BCUT2D eigenvalue weighted by Crippen LogP contribution is -2.54. The smallest absolute Gasteiger partial charge is 0.264 e. The monoisotopic (exact) mass is 683 g/mol. The van der Waals surface area contributed by atoms with Crippen LogP contribution in [0.1, 0.15) is 37.0 Å². The van der Waals surface area contributed by atoms with Crippen LogP contribution >= 0.6 is 23.2 Å². The maximum atomic E-state index is 14.5. The number of hydrogen-bond donors (Lipinski definition) is 1. The SMILES string of the molecule is CC[C@@H](C)NC(=O)[C@@H](Cc1ccccc1)N(Cc1ccc(F)cc1)C(=O)CN(c1cccc(Cl)c1Cl)S(=O)(=O)c1ccc(C)cc1. The summed E-state index contributed by atoms with van der Waals surface area (Å²) < 4.78 is 43.1. The second kappa shape index (κ2) is 15.6. The number of amides is 2. The molecule has 11 heteroatoms. The average Bonchev–Trinajstić information content (AvgIpc) is 3.04. The molecule has 0 saturated heterocycles. The minimum Gasteiger partial charge on any atom is -0.352 e. The van der Waals surface area contributed by atoms with Gasteiger partial charge in [0.2, 0.25) is 11.8 Å². The molecule has 0 saturated carbocycles.